The van der Waals surface area contributed by atoms with Gasteiger partial charge in [-0.15, -0.1) is 0 Å². The molecule has 0 atom stereocenters. The fourth-order valence-corrected chi connectivity index (χ4v) is 1.65. The molecule has 1 aromatic heterocycles. The minimum Gasteiger partial charge on any atom is -0.335 e. The molecular weight excluding hydrogens is 226 g/mol. The molecule has 2 N–H and O–H groups in total. The quantitative estimate of drug-likeness (QED) is 0.865. The Morgan fingerprint density at radius 1 is 1.50 bits per heavy atom. The molecule has 1 heterocycles. The summed E-state index contributed by atoms with van der Waals surface area (Å²) in [5.41, 5.74) is 6.19. The second-order valence-corrected chi connectivity index (χ2v) is 5.48. The van der Waals surface area contributed by atoms with Crippen LogP contribution in [0.25, 0.3) is 0 Å². The van der Waals surface area contributed by atoms with Crippen LogP contribution in [0.5, 0.6) is 0 Å². The Bertz CT molecular complexity index is 387. The molecule has 0 fully saturated rings. The predicted molar refractivity (Wildman–Crippen MR) is 72.8 cm³/mol. The summed E-state index contributed by atoms with van der Waals surface area (Å²) in [5, 5.41) is 0. The summed E-state index contributed by atoms with van der Waals surface area (Å²) in [6.45, 7) is 8.72. The van der Waals surface area contributed by atoms with Gasteiger partial charge in [0, 0.05) is 31.5 Å². The van der Waals surface area contributed by atoms with Gasteiger partial charge in [-0.05, 0) is 39.3 Å². The summed E-state index contributed by atoms with van der Waals surface area (Å²) < 4.78 is 0. The molecule has 1 rings (SSSR count). The maximum absolute atomic E-state index is 12.5. The van der Waals surface area contributed by atoms with Gasteiger partial charge in [0.2, 0.25) is 5.91 Å². The molecule has 100 valence electrons. The Balaban J connectivity index is 2.88. The van der Waals surface area contributed by atoms with E-state index in [1.807, 2.05) is 44.7 Å². The average molecular weight is 249 g/mol. The predicted octanol–water partition coefficient (Wildman–Crippen LogP) is 1.80. The lowest BCUT2D eigenvalue weighted by Gasteiger charge is -2.34. The molecule has 0 aliphatic heterocycles. The molecule has 1 amide bonds. The normalized spacial score (nSPS) is 11.7. The lowest BCUT2D eigenvalue weighted by atomic mass is 9.91. The van der Waals surface area contributed by atoms with E-state index in [4.69, 9.17) is 5.73 Å². The van der Waals surface area contributed by atoms with E-state index < -0.39 is 5.41 Å². The smallest absolute Gasteiger partial charge is 0.230 e. The van der Waals surface area contributed by atoms with Gasteiger partial charge >= 0.3 is 0 Å². The zero-order chi connectivity index (χ0) is 13.8. The van der Waals surface area contributed by atoms with Crippen molar-refractivity contribution in [1.29, 1.82) is 0 Å². The second kappa shape index (κ2) is 5.96. The molecule has 0 aliphatic carbocycles. The van der Waals surface area contributed by atoms with Crippen LogP contribution < -0.4 is 5.73 Å². The minimum atomic E-state index is -0.521. The molecule has 0 aliphatic rings. The molecule has 0 aromatic carbocycles. The first-order valence-electron chi connectivity index (χ1n) is 6.28. The van der Waals surface area contributed by atoms with Crippen molar-refractivity contribution in [3.05, 3.63) is 30.1 Å². The average Bonchev–Trinajstić information content (AvgIpc) is 2.36. The highest BCUT2D eigenvalue weighted by Gasteiger charge is 2.31. The number of carbonyl (C=O) groups excluding carboxylic acids is 1. The molecule has 0 unspecified atom stereocenters. The van der Waals surface area contributed by atoms with Crippen LogP contribution >= 0.6 is 0 Å². The van der Waals surface area contributed by atoms with Crippen molar-refractivity contribution in [2.75, 3.05) is 6.54 Å². The molecule has 0 bridgehead atoms. The number of hydrogen-bond donors (Lipinski definition) is 1. The minimum absolute atomic E-state index is 0.0869. The van der Waals surface area contributed by atoms with E-state index in [-0.39, 0.29) is 11.9 Å². The monoisotopic (exact) mass is 249 g/mol. The number of nitrogens with two attached hydrogens (primary N) is 1. The summed E-state index contributed by atoms with van der Waals surface area (Å²) >= 11 is 0. The number of nitrogens with zero attached hydrogens (tertiary/aromatic N) is 2. The standard InChI is InChI=1S/C14H23N3O/c1-11(2)17(13(18)14(3,4)10-15)9-12-6-5-7-16-8-12/h5-8,11H,9-10,15H2,1-4H3. The van der Waals surface area contributed by atoms with E-state index in [0.29, 0.717) is 13.1 Å². The topological polar surface area (TPSA) is 59.2 Å². The lowest BCUT2D eigenvalue weighted by Crippen LogP contribution is -2.47. The van der Waals surface area contributed by atoms with Crippen LogP contribution in [0.2, 0.25) is 0 Å². The number of pyridine rings is 1. The summed E-state index contributed by atoms with van der Waals surface area (Å²) in [4.78, 5) is 18.4. The summed E-state index contributed by atoms with van der Waals surface area (Å²) in [6, 6.07) is 4.00. The first-order chi connectivity index (χ1) is 8.38. The molecule has 4 nitrogen and oxygen atoms in total. The Labute approximate surface area is 109 Å². The first-order valence-corrected chi connectivity index (χ1v) is 6.28. The maximum atomic E-state index is 12.5. The zero-order valence-electron chi connectivity index (χ0n) is 11.7. The summed E-state index contributed by atoms with van der Waals surface area (Å²) in [5.74, 6) is 0.0869. The largest absolute Gasteiger partial charge is 0.335 e. The van der Waals surface area contributed by atoms with Gasteiger partial charge in [-0.3, -0.25) is 9.78 Å². The number of hydrogen-bond acceptors (Lipinski definition) is 3. The van der Waals surface area contributed by atoms with Gasteiger partial charge in [0.25, 0.3) is 0 Å². The maximum Gasteiger partial charge on any atom is 0.230 e. The lowest BCUT2D eigenvalue weighted by molar-refractivity contribution is -0.142. The molecule has 1 aromatic rings. The van der Waals surface area contributed by atoms with E-state index in [2.05, 4.69) is 4.98 Å². The van der Waals surface area contributed by atoms with Crippen molar-refractivity contribution >= 4 is 5.91 Å². The van der Waals surface area contributed by atoms with Crippen molar-refractivity contribution in [3.8, 4) is 0 Å². The zero-order valence-corrected chi connectivity index (χ0v) is 11.7. The fourth-order valence-electron chi connectivity index (χ4n) is 1.65. The van der Waals surface area contributed by atoms with Gasteiger partial charge in [0.1, 0.15) is 0 Å². The Kier molecular flexibility index (Phi) is 4.84. The van der Waals surface area contributed by atoms with Crippen molar-refractivity contribution in [1.82, 2.24) is 9.88 Å². The first kappa shape index (κ1) is 14.6. The Morgan fingerprint density at radius 2 is 2.17 bits per heavy atom. The van der Waals surface area contributed by atoms with Crippen LogP contribution in [-0.4, -0.2) is 28.4 Å². The molecule has 0 radical (unpaired) electrons. The van der Waals surface area contributed by atoms with E-state index in [1.165, 1.54) is 0 Å². The number of aromatic nitrogens is 1. The second-order valence-electron chi connectivity index (χ2n) is 5.48. The van der Waals surface area contributed by atoms with Crippen LogP contribution in [0, 0.1) is 5.41 Å². The Hall–Kier alpha value is -1.42. The van der Waals surface area contributed by atoms with Gasteiger partial charge in [-0.1, -0.05) is 6.07 Å². The van der Waals surface area contributed by atoms with Crippen LogP contribution in [0.15, 0.2) is 24.5 Å². The molecule has 0 saturated carbocycles. The molecule has 0 saturated heterocycles. The highest BCUT2D eigenvalue weighted by atomic mass is 16.2. The van der Waals surface area contributed by atoms with Crippen LogP contribution in [0.3, 0.4) is 0 Å². The van der Waals surface area contributed by atoms with Crippen molar-refractivity contribution in [3.63, 3.8) is 0 Å². The van der Waals surface area contributed by atoms with Gasteiger partial charge in [-0.25, -0.2) is 0 Å². The van der Waals surface area contributed by atoms with Gasteiger partial charge in [0.05, 0.1) is 5.41 Å². The highest BCUT2D eigenvalue weighted by Crippen LogP contribution is 2.20. The summed E-state index contributed by atoms with van der Waals surface area (Å²) in [6.07, 6.45) is 3.52. The third kappa shape index (κ3) is 3.53. The summed E-state index contributed by atoms with van der Waals surface area (Å²) in [7, 11) is 0. The number of amides is 1. The number of carbonyl (C=O) groups is 1. The third-order valence-corrected chi connectivity index (χ3v) is 3.05. The third-order valence-electron chi connectivity index (χ3n) is 3.05. The van der Waals surface area contributed by atoms with Crippen molar-refractivity contribution < 1.29 is 4.79 Å². The van der Waals surface area contributed by atoms with Crippen molar-refractivity contribution in [2.45, 2.75) is 40.3 Å². The SMILES string of the molecule is CC(C)N(Cc1cccnc1)C(=O)C(C)(C)CN. The van der Waals surface area contributed by atoms with E-state index in [9.17, 15) is 4.79 Å². The van der Waals surface area contributed by atoms with E-state index in [1.54, 1.807) is 12.4 Å². The highest BCUT2D eigenvalue weighted by molar-refractivity contribution is 5.82. The molecule has 4 heteroatoms. The van der Waals surface area contributed by atoms with E-state index in [0.717, 1.165) is 5.56 Å². The number of rotatable bonds is 5. The van der Waals surface area contributed by atoms with E-state index >= 15 is 0 Å². The molecule has 0 spiro atoms. The van der Waals surface area contributed by atoms with Crippen molar-refractivity contribution in [2.24, 2.45) is 11.1 Å². The molecular formula is C14H23N3O. The molecule has 18 heavy (non-hydrogen) atoms. The Morgan fingerprint density at radius 3 is 2.61 bits per heavy atom. The van der Waals surface area contributed by atoms with Crippen LogP contribution in [0.1, 0.15) is 33.3 Å². The van der Waals surface area contributed by atoms with Gasteiger partial charge in [-0.2, -0.15) is 0 Å². The fraction of sp³-hybridized carbons (Fsp3) is 0.571. The van der Waals surface area contributed by atoms with Crippen LogP contribution in [0.4, 0.5) is 0 Å². The van der Waals surface area contributed by atoms with Gasteiger partial charge in [0.15, 0.2) is 0 Å². The van der Waals surface area contributed by atoms with Crippen LogP contribution in [-0.2, 0) is 11.3 Å². The van der Waals surface area contributed by atoms with Gasteiger partial charge < -0.3 is 10.6 Å².